The molecule has 2 heterocycles. The van der Waals surface area contributed by atoms with Gasteiger partial charge in [-0.1, -0.05) is 0 Å². The molecule has 0 aromatic carbocycles. The molecule has 29 heavy (non-hydrogen) atoms. The van der Waals surface area contributed by atoms with Crippen LogP contribution in [-0.4, -0.2) is 63.7 Å². The van der Waals surface area contributed by atoms with Gasteiger partial charge in [-0.05, 0) is 62.9 Å². The van der Waals surface area contributed by atoms with Crippen molar-refractivity contribution < 1.29 is 27.9 Å². The smallest absolute Gasteiger partial charge is 0.475 e. The Morgan fingerprint density at radius 1 is 1.17 bits per heavy atom. The minimum Gasteiger partial charge on any atom is -0.475 e. The third kappa shape index (κ3) is 5.65. The molecule has 7 nitrogen and oxygen atoms in total. The number of carboxylic acids is 1. The van der Waals surface area contributed by atoms with E-state index in [0.29, 0.717) is 17.2 Å². The van der Waals surface area contributed by atoms with Crippen molar-refractivity contribution in [3.63, 3.8) is 0 Å². The van der Waals surface area contributed by atoms with Crippen molar-refractivity contribution in [2.45, 2.75) is 50.7 Å². The molecule has 10 heteroatoms. The van der Waals surface area contributed by atoms with Crippen LogP contribution in [-0.2, 0) is 4.79 Å². The van der Waals surface area contributed by atoms with Crippen molar-refractivity contribution >= 4 is 11.9 Å². The number of hydrogen-bond donors (Lipinski definition) is 2. The topological polar surface area (TPSA) is 95.4 Å². The zero-order chi connectivity index (χ0) is 21.1. The molecule has 1 saturated heterocycles. The van der Waals surface area contributed by atoms with Crippen molar-refractivity contribution in [1.29, 1.82) is 0 Å². The van der Waals surface area contributed by atoms with Crippen LogP contribution in [0.4, 0.5) is 13.2 Å². The highest BCUT2D eigenvalue weighted by molar-refractivity contribution is 5.92. The molecule has 2 N–H and O–H groups in total. The number of rotatable bonds is 4. The second-order valence-electron chi connectivity index (χ2n) is 8.06. The van der Waals surface area contributed by atoms with Crippen LogP contribution in [0.25, 0.3) is 0 Å². The van der Waals surface area contributed by atoms with E-state index < -0.39 is 12.1 Å². The van der Waals surface area contributed by atoms with Gasteiger partial charge in [-0.3, -0.25) is 9.78 Å². The number of aromatic nitrogens is 2. The highest BCUT2D eigenvalue weighted by Crippen LogP contribution is 2.49. The molecule has 1 amide bonds. The van der Waals surface area contributed by atoms with Gasteiger partial charge in [0.25, 0.3) is 5.91 Å². The first-order chi connectivity index (χ1) is 13.7. The van der Waals surface area contributed by atoms with Gasteiger partial charge >= 0.3 is 12.1 Å². The van der Waals surface area contributed by atoms with Gasteiger partial charge in [0.05, 0.1) is 6.20 Å². The molecule has 1 aliphatic heterocycles. The predicted octanol–water partition coefficient (Wildman–Crippen LogP) is 2.49. The summed E-state index contributed by atoms with van der Waals surface area (Å²) in [6, 6.07) is 0.324. The first-order valence-corrected chi connectivity index (χ1v) is 9.79. The Bertz CT molecular complexity index is 717. The van der Waals surface area contributed by atoms with E-state index in [1.54, 1.807) is 18.6 Å². The van der Waals surface area contributed by atoms with E-state index in [1.165, 1.54) is 51.7 Å². The fraction of sp³-hybridized carbons (Fsp3) is 0.684. The monoisotopic (exact) mass is 414 g/mol. The van der Waals surface area contributed by atoms with Gasteiger partial charge in [-0.15, -0.1) is 0 Å². The van der Waals surface area contributed by atoms with Crippen molar-refractivity contribution in [1.82, 2.24) is 20.2 Å². The molecule has 1 unspecified atom stereocenters. The molecule has 4 rings (SSSR count). The number of aliphatic carboxylic acids is 1. The zero-order valence-electron chi connectivity index (χ0n) is 16.0. The first kappa shape index (κ1) is 21.5. The second kappa shape index (κ2) is 8.64. The number of halogens is 3. The average molecular weight is 414 g/mol. The summed E-state index contributed by atoms with van der Waals surface area (Å²) in [5.74, 6) is -1.85. The van der Waals surface area contributed by atoms with E-state index in [0.717, 1.165) is 12.3 Å². The predicted molar refractivity (Wildman–Crippen MR) is 97.0 cm³/mol. The van der Waals surface area contributed by atoms with E-state index in [9.17, 15) is 18.0 Å². The molecule has 1 atom stereocenters. The molecule has 3 fully saturated rings. The first-order valence-electron chi connectivity index (χ1n) is 9.79. The molecule has 2 saturated carbocycles. The normalized spacial score (nSPS) is 23.5. The third-order valence-corrected chi connectivity index (χ3v) is 6.08. The molecule has 3 aliphatic rings. The van der Waals surface area contributed by atoms with Crippen LogP contribution in [0.1, 0.15) is 49.0 Å². The number of nitrogens with zero attached hydrogens (tertiary/aromatic N) is 3. The Hall–Kier alpha value is -2.23. The van der Waals surface area contributed by atoms with Gasteiger partial charge in [0.15, 0.2) is 0 Å². The summed E-state index contributed by atoms with van der Waals surface area (Å²) in [7, 11) is 0. The number of likely N-dealkylation sites (tertiary alicyclic amines) is 1. The van der Waals surface area contributed by atoms with Crippen LogP contribution in [0.3, 0.4) is 0 Å². The van der Waals surface area contributed by atoms with Gasteiger partial charge in [0, 0.05) is 25.0 Å². The lowest BCUT2D eigenvalue weighted by Gasteiger charge is -2.54. The zero-order valence-corrected chi connectivity index (χ0v) is 16.0. The van der Waals surface area contributed by atoms with Crippen LogP contribution in [0.15, 0.2) is 18.6 Å². The fourth-order valence-corrected chi connectivity index (χ4v) is 4.02. The molecule has 160 valence electrons. The van der Waals surface area contributed by atoms with Crippen LogP contribution in [0, 0.1) is 11.3 Å². The minimum absolute atomic E-state index is 0.0717. The number of nitrogens with one attached hydrogen (secondary N) is 1. The number of carbonyl (C=O) groups excluding carboxylic acids is 1. The number of hydrogen-bond acceptors (Lipinski definition) is 5. The van der Waals surface area contributed by atoms with Crippen molar-refractivity contribution in [2.24, 2.45) is 11.3 Å². The highest BCUT2D eigenvalue weighted by Gasteiger charge is 2.49. The molecular weight excluding hydrogens is 389 g/mol. The number of amides is 1. The fourth-order valence-electron chi connectivity index (χ4n) is 4.02. The summed E-state index contributed by atoms with van der Waals surface area (Å²) in [5.41, 5.74) is 0.772. The van der Waals surface area contributed by atoms with E-state index in [-0.39, 0.29) is 5.91 Å². The van der Waals surface area contributed by atoms with E-state index in [1.807, 2.05) is 0 Å². The lowest BCUT2D eigenvalue weighted by atomic mass is 9.59. The summed E-state index contributed by atoms with van der Waals surface area (Å²) in [6.07, 6.45) is 7.30. The number of piperidine rings is 1. The average Bonchev–Trinajstić information content (AvgIpc) is 3.50. The van der Waals surface area contributed by atoms with Crippen LogP contribution < -0.4 is 5.32 Å². The Morgan fingerprint density at radius 3 is 2.28 bits per heavy atom. The number of carbonyl (C=O) groups is 2. The highest BCUT2D eigenvalue weighted by atomic mass is 19.4. The summed E-state index contributed by atoms with van der Waals surface area (Å²) in [6.45, 7) is 3.70. The van der Waals surface area contributed by atoms with Crippen LogP contribution in [0.5, 0.6) is 0 Å². The molecule has 2 aliphatic carbocycles. The van der Waals surface area contributed by atoms with Crippen molar-refractivity contribution in [2.75, 3.05) is 19.6 Å². The Balaban J connectivity index is 0.000000298. The Kier molecular flexibility index (Phi) is 6.40. The van der Waals surface area contributed by atoms with Gasteiger partial charge in [0.2, 0.25) is 0 Å². The molecule has 0 radical (unpaired) electrons. The van der Waals surface area contributed by atoms with Gasteiger partial charge in [0.1, 0.15) is 5.69 Å². The van der Waals surface area contributed by atoms with E-state index >= 15 is 0 Å². The van der Waals surface area contributed by atoms with E-state index in [4.69, 9.17) is 9.90 Å². The number of carboxylic acid groups (broad SMARTS) is 1. The van der Waals surface area contributed by atoms with Crippen molar-refractivity contribution in [3.8, 4) is 0 Å². The maximum atomic E-state index is 12.3. The lowest BCUT2D eigenvalue weighted by Crippen LogP contribution is -2.59. The molecule has 1 aromatic rings. The standard InChI is InChI=1S/C17H24N4O.C2HF3O2/c22-16(14-11-18-7-8-19-14)20-15-3-4-17(15)5-9-21(10-6-17)12-13-1-2-13;3-2(4,5)1(6)7/h7-8,11,13,15H,1-6,9-10,12H2,(H,20,22);(H,6,7). The summed E-state index contributed by atoms with van der Waals surface area (Å²) < 4.78 is 31.7. The Labute approximate surface area is 166 Å². The molecule has 1 aromatic heterocycles. The van der Waals surface area contributed by atoms with E-state index in [2.05, 4.69) is 20.2 Å². The van der Waals surface area contributed by atoms with Crippen molar-refractivity contribution in [3.05, 3.63) is 24.3 Å². The quantitative estimate of drug-likeness (QED) is 0.786. The number of alkyl halides is 3. The largest absolute Gasteiger partial charge is 0.490 e. The second-order valence-corrected chi connectivity index (χ2v) is 8.06. The van der Waals surface area contributed by atoms with Crippen LogP contribution >= 0.6 is 0 Å². The van der Waals surface area contributed by atoms with Gasteiger partial charge in [-0.2, -0.15) is 13.2 Å². The van der Waals surface area contributed by atoms with Gasteiger partial charge < -0.3 is 15.3 Å². The molecular formula is C19H25F3N4O3. The van der Waals surface area contributed by atoms with Gasteiger partial charge in [-0.25, -0.2) is 9.78 Å². The summed E-state index contributed by atoms with van der Waals surface area (Å²) in [4.78, 5) is 31.9. The Morgan fingerprint density at radius 2 is 1.83 bits per heavy atom. The van der Waals surface area contributed by atoms with Crippen LogP contribution in [0.2, 0.25) is 0 Å². The molecule has 1 spiro atoms. The maximum absolute atomic E-state index is 12.3. The lowest BCUT2D eigenvalue weighted by molar-refractivity contribution is -0.192. The summed E-state index contributed by atoms with van der Waals surface area (Å²) in [5, 5.41) is 10.3. The molecule has 0 bridgehead atoms. The minimum atomic E-state index is -5.08. The summed E-state index contributed by atoms with van der Waals surface area (Å²) >= 11 is 0. The SMILES string of the molecule is O=C(NC1CCC12CCN(CC1CC1)CC2)c1cnccn1.O=C(O)C(F)(F)F. The maximum Gasteiger partial charge on any atom is 0.490 e. The third-order valence-electron chi connectivity index (χ3n) is 6.08.